The second kappa shape index (κ2) is 5.33. The molecule has 3 N–H and O–H groups in total. The Morgan fingerprint density at radius 1 is 1.00 bits per heavy atom. The van der Waals surface area contributed by atoms with Crippen LogP contribution in [0.1, 0.15) is 22.7 Å². The number of benzene rings is 2. The third kappa shape index (κ3) is 2.52. The maximum Gasteiger partial charge on any atom is 0.0494 e. The van der Waals surface area contributed by atoms with Crippen molar-refractivity contribution in [3.8, 4) is 0 Å². The van der Waals surface area contributed by atoms with Gasteiger partial charge in [-0.3, -0.25) is 11.3 Å². The predicted octanol–water partition coefficient (Wildman–Crippen LogP) is 3.26. The lowest BCUT2D eigenvalue weighted by atomic mass is 9.91. The van der Waals surface area contributed by atoms with Crippen LogP contribution in [-0.2, 0) is 12.8 Å². The van der Waals surface area contributed by atoms with Crippen LogP contribution in [0.25, 0.3) is 0 Å². The fourth-order valence-corrected chi connectivity index (χ4v) is 3.13. The van der Waals surface area contributed by atoms with Gasteiger partial charge in [0.05, 0.1) is 0 Å². The predicted molar refractivity (Wildman–Crippen MR) is 78.9 cm³/mol. The lowest BCUT2D eigenvalue weighted by Crippen LogP contribution is -2.34. The Labute approximate surface area is 118 Å². The van der Waals surface area contributed by atoms with Crippen molar-refractivity contribution in [2.75, 3.05) is 0 Å². The molecule has 1 aliphatic carbocycles. The second-order valence-corrected chi connectivity index (χ2v) is 5.57. The fourth-order valence-electron chi connectivity index (χ4n) is 3.00. The molecule has 1 atom stereocenters. The van der Waals surface area contributed by atoms with Gasteiger partial charge < -0.3 is 0 Å². The molecule has 0 spiro atoms. The molecule has 3 heteroatoms. The van der Waals surface area contributed by atoms with E-state index in [9.17, 15) is 0 Å². The third-order valence-corrected chi connectivity index (χ3v) is 4.21. The van der Waals surface area contributed by atoms with Crippen molar-refractivity contribution >= 4 is 11.6 Å². The Morgan fingerprint density at radius 2 is 1.58 bits per heavy atom. The molecule has 0 fully saturated rings. The molecule has 0 aromatic heterocycles. The molecule has 2 aromatic rings. The van der Waals surface area contributed by atoms with Crippen molar-refractivity contribution in [3.63, 3.8) is 0 Å². The van der Waals surface area contributed by atoms with E-state index in [1.165, 1.54) is 16.7 Å². The summed E-state index contributed by atoms with van der Waals surface area (Å²) < 4.78 is 0. The molecule has 0 saturated heterocycles. The molecule has 1 aliphatic rings. The van der Waals surface area contributed by atoms with Crippen LogP contribution >= 0.6 is 11.6 Å². The molecule has 1 unspecified atom stereocenters. The molecule has 2 nitrogen and oxygen atoms in total. The Balaban J connectivity index is 1.83. The summed E-state index contributed by atoms with van der Waals surface area (Å²) in [5.41, 5.74) is 7.06. The number of fused-ring (bicyclic) bond motifs is 1. The van der Waals surface area contributed by atoms with E-state index in [-0.39, 0.29) is 6.04 Å². The van der Waals surface area contributed by atoms with E-state index in [1.54, 1.807) is 0 Å². The van der Waals surface area contributed by atoms with Gasteiger partial charge in [-0.2, -0.15) is 0 Å². The fraction of sp³-hybridized carbons (Fsp3) is 0.250. The molecule has 0 radical (unpaired) electrons. The highest BCUT2D eigenvalue weighted by molar-refractivity contribution is 6.30. The smallest absolute Gasteiger partial charge is 0.0494 e. The van der Waals surface area contributed by atoms with E-state index >= 15 is 0 Å². The first-order valence-electron chi connectivity index (χ1n) is 6.56. The van der Waals surface area contributed by atoms with Gasteiger partial charge in [0, 0.05) is 11.1 Å². The van der Waals surface area contributed by atoms with E-state index in [1.807, 2.05) is 12.1 Å². The van der Waals surface area contributed by atoms with E-state index in [2.05, 4.69) is 41.8 Å². The zero-order valence-corrected chi connectivity index (χ0v) is 11.4. The zero-order valence-electron chi connectivity index (χ0n) is 10.6. The van der Waals surface area contributed by atoms with Crippen LogP contribution in [0.4, 0.5) is 0 Å². The van der Waals surface area contributed by atoms with Gasteiger partial charge in [0.15, 0.2) is 0 Å². The van der Waals surface area contributed by atoms with Crippen LogP contribution in [0.15, 0.2) is 48.5 Å². The number of hydrazine groups is 1. The number of hydrogen-bond acceptors (Lipinski definition) is 2. The topological polar surface area (TPSA) is 38.0 Å². The lowest BCUT2D eigenvalue weighted by Gasteiger charge is -2.23. The highest BCUT2D eigenvalue weighted by atomic mass is 35.5. The standard InChI is InChI=1S/C16H17ClN2/c17-15-7-5-11(6-8-15)16(19-18)14-9-12-3-1-2-4-13(12)10-14/h1-8,14,16,19H,9-10,18H2. The molecular formula is C16H17ClN2. The van der Waals surface area contributed by atoms with Crippen LogP contribution in [-0.4, -0.2) is 0 Å². The highest BCUT2D eigenvalue weighted by Gasteiger charge is 2.28. The molecule has 0 amide bonds. The second-order valence-electron chi connectivity index (χ2n) is 5.13. The summed E-state index contributed by atoms with van der Waals surface area (Å²) in [6.07, 6.45) is 2.15. The third-order valence-electron chi connectivity index (χ3n) is 3.96. The largest absolute Gasteiger partial charge is 0.271 e. The van der Waals surface area contributed by atoms with Gasteiger partial charge in [-0.1, -0.05) is 48.0 Å². The number of rotatable bonds is 3. The van der Waals surface area contributed by atoms with Gasteiger partial charge in [0.25, 0.3) is 0 Å². The maximum absolute atomic E-state index is 5.94. The van der Waals surface area contributed by atoms with Gasteiger partial charge >= 0.3 is 0 Å². The Bertz CT molecular complexity index is 540. The summed E-state index contributed by atoms with van der Waals surface area (Å²) >= 11 is 5.94. The van der Waals surface area contributed by atoms with Gasteiger partial charge in [0.1, 0.15) is 0 Å². The van der Waals surface area contributed by atoms with Crippen LogP contribution in [0, 0.1) is 5.92 Å². The summed E-state index contributed by atoms with van der Waals surface area (Å²) in [5.74, 6) is 6.28. The number of nitrogens with two attached hydrogens (primary N) is 1. The summed E-state index contributed by atoms with van der Waals surface area (Å²) in [6.45, 7) is 0. The Morgan fingerprint density at radius 3 is 2.11 bits per heavy atom. The summed E-state index contributed by atoms with van der Waals surface area (Å²) in [5, 5.41) is 0.759. The van der Waals surface area contributed by atoms with Crippen LogP contribution in [0.5, 0.6) is 0 Å². The van der Waals surface area contributed by atoms with Crippen molar-refractivity contribution in [2.24, 2.45) is 11.8 Å². The average Bonchev–Trinajstić information content (AvgIpc) is 2.85. The van der Waals surface area contributed by atoms with Crippen LogP contribution < -0.4 is 11.3 Å². The first-order valence-corrected chi connectivity index (χ1v) is 6.94. The molecule has 0 aliphatic heterocycles. The first kappa shape index (κ1) is 12.7. The van der Waals surface area contributed by atoms with Gasteiger partial charge in [0.2, 0.25) is 0 Å². The summed E-state index contributed by atoms with van der Waals surface area (Å²) in [6, 6.07) is 16.8. The first-order chi connectivity index (χ1) is 9.28. The molecule has 0 heterocycles. The van der Waals surface area contributed by atoms with Crippen molar-refractivity contribution in [3.05, 3.63) is 70.2 Å². The number of hydrogen-bond donors (Lipinski definition) is 2. The monoisotopic (exact) mass is 272 g/mol. The normalized spacial score (nSPS) is 16.3. The summed E-state index contributed by atoms with van der Waals surface area (Å²) in [4.78, 5) is 0. The number of halogens is 1. The van der Waals surface area contributed by atoms with E-state index < -0.39 is 0 Å². The minimum atomic E-state index is 0.171. The molecule has 98 valence electrons. The van der Waals surface area contributed by atoms with E-state index in [0.29, 0.717) is 5.92 Å². The van der Waals surface area contributed by atoms with Gasteiger partial charge in [-0.15, -0.1) is 0 Å². The lowest BCUT2D eigenvalue weighted by molar-refractivity contribution is 0.379. The minimum absolute atomic E-state index is 0.171. The van der Waals surface area contributed by atoms with Crippen molar-refractivity contribution in [2.45, 2.75) is 18.9 Å². The zero-order chi connectivity index (χ0) is 13.2. The van der Waals surface area contributed by atoms with Crippen molar-refractivity contribution in [1.29, 1.82) is 0 Å². The Hall–Kier alpha value is -1.35. The summed E-state index contributed by atoms with van der Waals surface area (Å²) in [7, 11) is 0. The van der Waals surface area contributed by atoms with E-state index in [0.717, 1.165) is 17.9 Å². The number of nitrogens with one attached hydrogen (secondary N) is 1. The van der Waals surface area contributed by atoms with Crippen molar-refractivity contribution in [1.82, 2.24) is 5.43 Å². The van der Waals surface area contributed by atoms with Crippen molar-refractivity contribution < 1.29 is 0 Å². The molecule has 19 heavy (non-hydrogen) atoms. The average molecular weight is 273 g/mol. The van der Waals surface area contributed by atoms with Gasteiger partial charge in [-0.25, -0.2) is 0 Å². The van der Waals surface area contributed by atoms with Crippen LogP contribution in [0.3, 0.4) is 0 Å². The van der Waals surface area contributed by atoms with Gasteiger partial charge in [-0.05, 0) is 47.6 Å². The molecule has 0 bridgehead atoms. The molecule has 2 aromatic carbocycles. The molecule has 0 saturated carbocycles. The maximum atomic E-state index is 5.94. The minimum Gasteiger partial charge on any atom is -0.271 e. The quantitative estimate of drug-likeness (QED) is 0.665. The van der Waals surface area contributed by atoms with Crippen LogP contribution in [0.2, 0.25) is 5.02 Å². The van der Waals surface area contributed by atoms with E-state index in [4.69, 9.17) is 17.4 Å². The Kier molecular flexibility index (Phi) is 3.56. The molecular weight excluding hydrogens is 256 g/mol. The molecule has 3 rings (SSSR count). The highest BCUT2D eigenvalue weighted by Crippen LogP contribution is 2.35. The SMILES string of the molecule is NNC(c1ccc(Cl)cc1)C1Cc2ccccc2C1.